The highest BCUT2D eigenvalue weighted by molar-refractivity contribution is 9.10. The fraction of sp³-hybridized carbons (Fsp3) is 0.211. The number of nitro groups is 1. The minimum atomic E-state index is -0.357. The summed E-state index contributed by atoms with van der Waals surface area (Å²) in [7, 11) is 0. The molecule has 3 aromatic rings. The topological polar surface area (TPSA) is 68.5 Å². The van der Waals surface area contributed by atoms with E-state index in [4.69, 9.17) is 16.3 Å². The third kappa shape index (κ3) is 3.84. The monoisotopic (exact) mass is 447 g/mol. The Kier molecular flexibility index (Phi) is 4.88. The number of anilines is 1. The molecule has 8 heteroatoms. The van der Waals surface area contributed by atoms with Crippen LogP contribution in [0.1, 0.15) is 6.42 Å². The maximum atomic E-state index is 11.4. The van der Waals surface area contributed by atoms with Gasteiger partial charge in [0.05, 0.1) is 17.0 Å². The Hall–Kier alpha value is -2.38. The highest BCUT2D eigenvalue weighted by Gasteiger charge is 2.29. The van der Waals surface area contributed by atoms with E-state index in [1.807, 2.05) is 35.2 Å². The summed E-state index contributed by atoms with van der Waals surface area (Å²) in [6.07, 6.45) is 0.693. The van der Waals surface area contributed by atoms with E-state index in [1.54, 1.807) is 12.1 Å². The number of hydrogen-bond donors (Lipinski definition) is 0. The molecule has 2 aromatic carbocycles. The Morgan fingerprint density at radius 3 is 2.89 bits per heavy atom. The second-order valence-electron chi connectivity index (χ2n) is 6.35. The highest BCUT2D eigenvalue weighted by atomic mass is 79.9. The summed E-state index contributed by atoms with van der Waals surface area (Å²) in [4.78, 5) is 17.5. The molecule has 2 heterocycles. The molecule has 4 rings (SSSR count). The molecule has 27 heavy (non-hydrogen) atoms. The lowest BCUT2D eigenvalue weighted by Gasteiger charge is -2.19. The van der Waals surface area contributed by atoms with Gasteiger partial charge in [0.25, 0.3) is 5.69 Å². The highest BCUT2D eigenvalue weighted by Crippen LogP contribution is 2.34. The van der Waals surface area contributed by atoms with Crippen LogP contribution in [0.2, 0.25) is 5.02 Å². The van der Waals surface area contributed by atoms with Crippen LogP contribution in [0.5, 0.6) is 5.88 Å². The molecule has 138 valence electrons. The molecule has 1 aliphatic heterocycles. The first kappa shape index (κ1) is 18.0. The zero-order chi connectivity index (χ0) is 19.0. The lowest BCUT2D eigenvalue weighted by molar-refractivity contribution is -0.384. The molecule has 0 aliphatic carbocycles. The molecule has 0 unspecified atom stereocenters. The van der Waals surface area contributed by atoms with E-state index in [0.29, 0.717) is 34.2 Å². The molecule has 1 aromatic heterocycles. The quantitative estimate of drug-likeness (QED) is 0.404. The summed E-state index contributed by atoms with van der Waals surface area (Å²) in [5, 5.41) is 13.0. The molecular weight excluding hydrogens is 434 g/mol. The van der Waals surface area contributed by atoms with Crippen molar-refractivity contribution >= 4 is 49.8 Å². The normalized spacial score (nSPS) is 16.7. The van der Waals surface area contributed by atoms with Gasteiger partial charge in [-0.25, -0.2) is 4.98 Å². The predicted octanol–water partition coefficient (Wildman–Crippen LogP) is 5.22. The molecule has 0 radical (unpaired) electrons. The van der Waals surface area contributed by atoms with Crippen LogP contribution in [0.3, 0.4) is 0 Å². The van der Waals surface area contributed by atoms with Crippen LogP contribution < -0.4 is 9.64 Å². The minimum absolute atomic E-state index is 0.0782. The van der Waals surface area contributed by atoms with Crippen molar-refractivity contribution < 1.29 is 9.66 Å². The van der Waals surface area contributed by atoms with Gasteiger partial charge in [0.15, 0.2) is 0 Å². The lowest BCUT2D eigenvalue weighted by Crippen LogP contribution is -2.25. The summed E-state index contributed by atoms with van der Waals surface area (Å²) in [6.45, 7) is 1.26. The molecule has 1 atom stereocenters. The van der Waals surface area contributed by atoms with E-state index in [-0.39, 0.29) is 16.7 Å². The van der Waals surface area contributed by atoms with Gasteiger partial charge in [0, 0.05) is 40.0 Å². The predicted molar refractivity (Wildman–Crippen MR) is 109 cm³/mol. The van der Waals surface area contributed by atoms with Gasteiger partial charge in [0.1, 0.15) is 11.8 Å². The van der Waals surface area contributed by atoms with Crippen LogP contribution in [0.15, 0.2) is 53.0 Å². The standard InChI is InChI=1S/C19H15BrClN3O3/c20-13-2-5-17(18(10-13)24(25)26)23-8-7-15(11-23)27-19-6-1-12-9-14(21)3-4-16(12)22-19/h1-6,9-10,15H,7-8,11H2/t15-/m0/s1. The Labute approximate surface area is 169 Å². The van der Waals surface area contributed by atoms with Crippen LogP contribution >= 0.6 is 27.5 Å². The van der Waals surface area contributed by atoms with Gasteiger partial charge in [-0.1, -0.05) is 27.5 Å². The smallest absolute Gasteiger partial charge is 0.293 e. The average Bonchev–Trinajstić information content (AvgIpc) is 3.10. The van der Waals surface area contributed by atoms with Crippen molar-refractivity contribution in [2.45, 2.75) is 12.5 Å². The maximum Gasteiger partial charge on any atom is 0.293 e. The first-order valence-electron chi connectivity index (χ1n) is 8.41. The van der Waals surface area contributed by atoms with Crippen molar-refractivity contribution in [3.63, 3.8) is 0 Å². The molecule has 0 amide bonds. The third-order valence-corrected chi connectivity index (χ3v) is 5.26. The number of ether oxygens (including phenoxy) is 1. The maximum absolute atomic E-state index is 11.4. The number of fused-ring (bicyclic) bond motifs is 1. The van der Waals surface area contributed by atoms with E-state index in [2.05, 4.69) is 20.9 Å². The van der Waals surface area contributed by atoms with Crippen LogP contribution in [-0.4, -0.2) is 29.1 Å². The van der Waals surface area contributed by atoms with Crippen molar-refractivity contribution in [2.75, 3.05) is 18.0 Å². The van der Waals surface area contributed by atoms with Crippen molar-refractivity contribution in [3.8, 4) is 5.88 Å². The van der Waals surface area contributed by atoms with Gasteiger partial charge in [-0.3, -0.25) is 10.1 Å². The Bertz CT molecular complexity index is 1030. The van der Waals surface area contributed by atoms with Gasteiger partial charge >= 0.3 is 0 Å². The fourth-order valence-corrected chi connectivity index (χ4v) is 3.80. The van der Waals surface area contributed by atoms with Gasteiger partial charge in [0.2, 0.25) is 5.88 Å². The zero-order valence-electron chi connectivity index (χ0n) is 14.1. The van der Waals surface area contributed by atoms with Crippen LogP contribution in [0.25, 0.3) is 10.9 Å². The van der Waals surface area contributed by atoms with Crippen LogP contribution in [-0.2, 0) is 0 Å². The summed E-state index contributed by atoms with van der Waals surface area (Å²) in [5.41, 5.74) is 1.51. The first-order valence-corrected chi connectivity index (χ1v) is 9.58. The number of halogens is 2. The fourth-order valence-electron chi connectivity index (χ4n) is 3.27. The molecule has 0 spiro atoms. The third-order valence-electron chi connectivity index (χ3n) is 4.53. The van der Waals surface area contributed by atoms with E-state index >= 15 is 0 Å². The number of aromatic nitrogens is 1. The second kappa shape index (κ2) is 7.32. The van der Waals surface area contributed by atoms with Crippen LogP contribution in [0.4, 0.5) is 11.4 Å². The number of pyridine rings is 1. The Balaban J connectivity index is 1.50. The SMILES string of the molecule is O=[N+]([O-])c1cc(Br)ccc1N1CC[C@H](Oc2ccc3cc(Cl)ccc3n2)C1. The van der Waals surface area contributed by atoms with Crippen molar-refractivity contribution in [1.82, 2.24) is 4.98 Å². The van der Waals surface area contributed by atoms with Crippen LogP contribution in [0, 0.1) is 10.1 Å². The van der Waals surface area contributed by atoms with Crippen molar-refractivity contribution in [2.24, 2.45) is 0 Å². The first-order chi connectivity index (χ1) is 13.0. The number of benzene rings is 2. The van der Waals surface area contributed by atoms with Crippen molar-refractivity contribution in [3.05, 3.63) is 68.1 Å². The molecular formula is C19H15BrClN3O3. The lowest BCUT2D eigenvalue weighted by atomic mass is 10.2. The molecule has 1 aliphatic rings. The Morgan fingerprint density at radius 1 is 1.22 bits per heavy atom. The van der Waals surface area contributed by atoms with Crippen molar-refractivity contribution in [1.29, 1.82) is 0 Å². The average molecular weight is 449 g/mol. The summed E-state index contributed by atoms with van der Waals surface area (Å²) >= 11 is 9.29. The number of nitrogens with zero attached hydrogens (tertiary/aromatic N) is 3. The van der Waals surface area contributed by atoms with E-state index in [1.165, 1.54) is 6.07 Å². The summed E-state index contributed by atoms with van der Waals surface area (Å²) in [6, 6.07) is 14.4. The van der Waals surface area contributed by atoms with E-state index in [0.717, 1.165) is 17.3 Å². The molecule has 0 N–H and O–H groups in total. The second-order valence-corrected chi connectivity index (χ2v) is 7.70. The summed E-state index contributed by atoms with van der Waals surface area (Å²) in [5.74, 6) is 0.543. The molecule has 6 nitrogen and oxygen atoms in total. The minimum Gasteiger partial charge on any atom is -0.472 e. The van der Waals surface area contributed by atoms with E-state index in [9.17, 15) is 10.1 Å². The van der Waals surface area contributed by atoms with E-state index < -0.39 is 0 Å². The number of nitro benzene ring substituents is 1. The van der Waals surface area contributed by atoms with Gasteiger partial charge in [-0.15, -0.1) is 0 Å². The largest absolute Gasteiger partial charge is 0.472 e. The molecule has 0 bridgehead atoms. The Morgan fingerprint density at radius 2 is 2.07 bits per heavy atom. The molecule has 1 fully saturated rings. The zero-order valence-corrected chi connectivity index (χ0v) is 16.5. The van der Waals surface area contributed by atoms with Gasteiger partial charge < -0.3 is 9.64 Å². The van der Waals surface area contributed by atoms with Gasteiger partial charge in [-0.05, 0) is 36.4 Å². The molecule has 0 saturated carbocycles. The van der Waals surface area contributed by atoms with Gasteiger partial charge in [-0.2, -0.15) is 0 Å². The number of rotatable bonds is 4. The number of hydrogen-bond acceptors (Lipinski definition) is 5. The molecule has 1 saturated heterocycles. The summed E-state index contributed by atoms with van der Waals surface area (Å²) < 4.78 is 6.71.